The number of aliphatic hydroxyl groups is 1. The topological polar surface area (TPSA) is 170 Å². The summed E-state index contributed by atoms with van der Waals surface area (Å²) in [4.78, 5) is 20.7. The molecule has 0 unspecified atom stereocenters. The molecule has 180 valence electrons. The Kier molecular flexibility index (Phi) is 10.4. The SMILES string of the molecule is COc1cccc(CNC(=O)c2cc(/C(N)=N/N(C)N)nc(C)n2)c1.OC[C@@H]1COCCO1. The van der Waals surface area contributed by atoms with Gasteiger partial charge in [0, 0.05) is 13.6 Å². The number of benzene rings is 1. The molecule has 33 heavy (non-hydrogen) atoms. The summed E-state index contributed by atoms with van der Waals surface area (Å²) in [5, 5.41) is 16.2. The zero-order valence-electron chi connectivity index (χ0n) is 19.0. The predicted octanol–water partition coefficient (Wildman–Crippen LogP) is -0.456. The number of methoxy groups -OCH3 is 1. The molecule has 0 saturated carbocycles. The average Bonchev–Trinajstić information content (AvgIpc) is 2.82. The van der Waals surface area contributed by atoms with Crippen molar-refractivity contribution in [2.45, 2.75) is 19.6 Å². The van der Waals surface area contributed by atoms with E-state index in [9.17, 15) is 4.79 Å². The molecule has 0 spiro atoms. The summed E-state index contributed by atoms with van der Waals surface area (Å²) in [5.41, 5.74) is 7.26. The Morgan fingerprint density at radius 1 is 1.33 bits per heavy atom. The zero-order valence-corrected chi connectivity index (χ0v) is 19.0. The average molecular weight is 462 g/mol. The van der Waals surface area contributed by atoms with Crippen LogP contribution in [-0.2, 0) is 16.0 Å². The quantitative estimate of drug-likeness (QED) is 0.183. The molecule has 1 aliphatic heterocycles. The highest BCUT2D eigenvalue weighted by atomic mass is 16.6. The van der Waals surface area contributed by atoms with Gasteiger partial charge in [-0.2, -0.15) is 0 Å². The van der Waals surface area contributed by atoms with Gasteiger partial charge in [0.25, 0.3) is 5.91 Å². The van der Waals surface area contributed by atoms with E-state index < -0.39 is 0 Å². The molecule has 1 atom stereocenters. The summed E-state index contributed by atoms with van der Waals surface area (Å²) in [7, 11) is 3.12. The van der Waals surface area contributed by atoms with E-state index in [1.54, 1.807) is 14.0 Å². The van der Waals surface area contributed by atoms with Crippen LogP contribution in [0.1, 0.15) is 27.6 Å². The van der Waals surface area contributed by atoms with E-state index in [-0.39, 0.29) is 30.1 Å². The second-order valence-electron chi connectivity index (χ2n) is 7.03. The zero-order chi connectivity index (χ0) is 24.2. The Labute approximate surface area is 192 Å². The number of amides is 1. The van der Waals surface area contributed by atoms with Gasteiger partial charge in [0.2, 0.25) is 0 Å². The molecule has 1 amide bonds. The standard InChI is InChI=1S/C16H21N7O2.C5H10O3/c1-10-20-13(15(17)22-23(2)18)8-14(21-10)16(24)19-9-11-5-4-6-12(7-11)25-3;6-3-5-4-7-1-2-8-5/h4-8H,9,18H2,1-3H3,(H2,17,22)(H,19,24);5-6H,1-4H2/t;5-/m.1/s1. The molecule has 1 aromatic heterocycles. The van der Waals surface area contributed by atoms with Crippen molar-refractivity contribution in [3.8, 4) is 5.75 Å². The number of carbonyl (C=O) groups is 1. The van der Waals surface area contributed by atoms with Gasteiger partial charge in [-0.1, -0.05) is 12.1 Å². The van der Waals surface area contributed by atoms with Crippen molar-refractivity contribution in [1.29, 1.82) is 0 Å². The number of nitrogens with one attached hydrogen (secondary N) is 1. The van der Waals surface area contributed by atoms with E-state index in [0.29, 0.717) is 37.9 Å². The van der Waals surface area contributed by atoms with Crippen LogP contribution in [0.15, 0.2) is 35.4 Å². The third-order valence-electron chi connectivity index (χ3n) is 4.27. The van der Waals surface area contributed by atoms with E-state index in [1.165, 1.54) is 13.1 Å². The molecule has 3 rings (SSSR count). The first kappa shape index (κ1) is 25.9. The van der Waals surface area contributed by atoms with Crippen molar-refractivity contribution in [3.05, 3.63) is 53.1 Å². The predicted molar refractivity (Wildman–Crippen MR) is 121 cm³/mol. The maximum Gasteiger partial charge on any atom is 0.270 e. The number of nitrogens with two attached hydrogens (primary N) is 2. The molecule has 1 aromatic carbocycles. The Hall–Kier alpha value is -3.32. The van der Waals surface area contributed by atoms with Gasteiger partial charge in [0.15, 0.2) is 5.84 Å². The van der Waals surface area contributed by atoms with Crippen LogP contribution >= 0.6 is 0 Å². The van der Waals surface area contributed by atoms with Gasteiger partial charge < -0.3 is 30.4 Å². The number of amidine groups is 1. The Morgan fingerprint density at radius 2 is 2.09 bits per heavy atom. The number of carbonyl (C=O) groups excluding carboxylic acids is 1. The first-order valence-electron chi connectivity index (χ1n) is 10.2. The third-order valence-corrected chi connectivity index (χ3v) is 4.27. The van der Waals surface area contributed by atoms with Crippen molar-refractivity contribution in [2.75, 3.05) is 40.6 Å². The van der Waals surface area contributed by atoms with E-state index >= 15 is 0 Å². The largest absolute Gasteiger partial charge is 0.497 e. The van der Waals surface area contributed by atoms with Gasteiger partial charge in [0.05, 0.1) is 33.5 Å². The molecular weight excluding hydrogens is 430 g/mol. The molecule has 1 fully saturated rings. The Bertz CT molecular complexity index is 933. The fourth-order valence-corrected chi connectivity index (χ4v) is 2.73. The van der Waals surface area contributed by atoms with Crippen LogP contribution in [0.4, 0.5) is 0 Å². The molecule has 0 aliphatic carbocycles. The summed E-state index contributed by atoms with van der Waals surface area (Å²) < 4.78 is 15.2. The number of aliphatic hydroxyl groups excluding tert-OH is 1. The third kappa shape index (κ3) is 8.98. The van der Waals surface area contributed by atoms with Crippen molar-refractivity contribution in [3.63, 3.8) is 0 Å². The number of aryl methyl sites for hydroxylation is 1. The molecule has 2 aromatic rings. The first-order chi connectivity index (χ1) is 15.8. The summed E-state index contributed by atoms with van der Waals surface area (Å²) in [5.74, 6) is 6.31. The van der Waals surface area contributed by atoms with Gasteiger partial charge in [-0.3, -0.25) is 4.79 Å². The molecule has 1 saturated heterocycles. The van der Waals surface area contributed by atoms with Gasteiger partial charge in [0.1, 0.15) is 29.1 Å². The van der Waals surface area contributed by atoms with Crippen LogP contribution in [0.25, 0.3) is 0 Å². The lowest BCUT2D eigenvalue weighted by Gasteiger charge is -2.20. The highest BCUT2D eigenvalue weighted by molar-refractivity contribution is 5.99. The maximum atomic E-state index is 12.4. The number of nitrogens with zero attached hydrogens (tertiary/aromatic N) is 4. The number of ether oxygens (including phenoxy) is 3. The first-order valence-corrected chi connectivity index (χ1v) is 10.2. The minimum absolute atomic E-state index is 0.0694. The van der Waals surface area contributed by atoms with E-state index in [0.717, 1.165) is 16.4 Å². The number of hydrogen-bond donors (Lipinski definition) is 4. The maximum absolute atomic E-state index is 12.4. The van der Waals surface area contributed by atoms with Crippen molar-refractivity contribution in [2.24, 2.45) is 16.7 Å². The number of rotatable bonds is 7. The summed E-state index contributed by atoms with van der Waals surface area (Å²) in [6.45, 7) is 3.89. The molecule has 1 aliphatic rings. The van der Waals surface area contributed by atoms with Crippen LogP contribution in [0, 0.1) is 6.92 Å². The van der Waals surface area contributed by atoms with Crippen LogP contribution in [0.5, 0.6) is 5.75 Å². The number of hydrazine groups is 1. The number of aromatic nitrogens is 2. The van der Waals surface area contributed by atoms with Gasteiger partial charge in [-0.15, -0.1) is 5.10 Å². The normalized spacial score (nSPS) is 15.8. The second-order valence-corrected chi connectivity index (χ2v) is 7.03. The van der Waals surface area contributed by atoms with E-state index in [2.05, 4.69) is 20.4 Å². The lowest BCUT2D eigenvalue weighted by atomic mass is 10.2. The molecule has 2 heterocycles. The number of hydrazone groups is 1. The van der Waals surface area contributed by atoms with Crippen LogP contribution in [-0.4, -0.2) is 78.6 Å². The van der Waals surface area contributed by atoms with Gasteiger partial charge >= 0.3 is 0 Å². The lowest BCUT2D eigenvalue weighted by molar-refractivity contribution is -0.105. The fourth-order valence-electron chi connectivity index (χ4n) is 2.73. The molecule has 0 bridgehead atoms. The van der Waals surface area contributed by atoms with E-state index in [4.69, 9.17) is 30.9 Å². The molecular formula is C21H31N7O5. The summed E-state index contributed by atoms with van der Waals surface area (Å²) in [6, 6.07) is 8.89. The van der Waals surface area contributed by atoms with E-state index in [1.807, 2.05) is 24.3 Å². The van der Waals surface area contributed by atoms with Gasteiger partial charge in [-0.05, 0) is 30.7 Å². The van der Waals surface area contributed by atoms with Crippen LogP contribution in [0.2, 0.25) is 0 Å². The second kappa shape index (κ2) is 13.3. The minimum atomic E-state index is -0.344. The fraction of sp³-hybridized carbons (Fsp3) is 0.429. The number of hydrogen-bond acceptors (Lipinski definition) is 10. The summed E-state index contributed by atoms with van der Waals surface area (Å²) in [6.07, 6.45) is -0.0799. The Balaban J connectivity index is 0.000000405. The Morgan fingerprint density at radius 3 is 2.70 bits per heavy atom. The smallest absolute Gasteiger partial charge is 0.270 e. The molecule has 0 radical (unpaired) electrons. The van der Waals surface area contributed by atoms with Gasteiger partial charge in [-0.25, -0.2) is 20.9 Å². The van der Waals surface area contributed by atoms with Crippen LogP contribution < -0.4 is 21.6 Å². The molecule has 6 N–H and O–H groups in total. The van der Waals surface area contributed by atoms with Crippen molar-refractivity contribution >= 4 is 11.7 Å². The lowest BCUT2D eigenvalue weighted by Crippen LogP contribution is -2.31. The molecule has 12 heteroatoms. The van der Waals surface area contributed by atoms with Crippen molar-refractivity contribution in [1.82, 2.24) is 20.4 Å². The van der Waals surface area contributed by atoms with Crippen molar-refractivity contribution < 1.29 is 24.1 Å². The molecule has 12 nitrogen and oxygen atoms in total. The van der Waals surface area contributed by atoms with Crippen LogP contribution in [0.3, 0.4) is 0 Å². The summed E-state index contributed by atoms with van der Waals surface area (Å²) >= 11 is 0. The monoisotopic (exact) mass is 461 g/mol. The highest BCUT2D eigenvalue weighted by Crippen LogP contribution is 2.12. The minimum Gasteiger partial charge on any atom is -0.497 e. The highest BCUT2D eigenvalue weighted by Gasteiger charge is 2.13.